The minimum Gasteiger partial charge on any atom is -0.467 e. The number of rotatable bonds is 3. The van der Waals surface area contributed by atoms with E-state index in [1.54, 1.807) is 31.2 Å². The molecule has 0 saturated carbocycles. The van der Waals surface area contributed by atoms with E-state index in [4.69, 9.17) is 9.47 Å². The first-order valence-corrected chi connectivity index (χ1v) is 9.94. The van der Waals surface area contributed by atoms with Crippen LogP contribution >= 0.6 is 11.8 Å². The van der Waals surface area contributed by atoms with Gasteiger partial charge in [-0.15, -0.1) is 11.8 Å². The number of methoxy groups -OCH3 is 1. The quantitative estimate of drug-likeness (QED) is 0.395. The van der Waals surface area contributed by atoms with Gasteiger partial charge in [0, 0.05) is 12.7 Å². The number of carbonyl (C=O) groups is 5. The summed E-state index contributed by atoms with van der Waals surface area (Å²) in [5.74, 6) is -2.76. The molecule has 3 amide bonds. The summed E-state index contributed by atoms with van der Waals surface area (Å²) in [6, 6.07) is 4.19. The highest BCUT2D eigenvalue weighted by Crippen LogP contribution is 2.47. The van der Waals surface area contributed by atoms with Crippen molar-refractivity contribution in [2.75, 3.05) is 12.9 Å². The second-order valence-corrected chi connectivity index (χ2v) is 8.35. The maximum atomic E-state index is 13.0. The summed E-state index contributed by atoms with van der Waals surface area (Å²) >= 11 is 1.25. The van der Waals surface area contributed by atoms with Crippen LogP contribution in [-0.4, -0.2) is 75.4 Å². The first kappa shape index (κ1) is 19.4. The van der Waals surface area contributed by atoms with Crippen LogP contribution in [-0.2, 0) is 23.9 Å². The summed E-state index contributed by atoms with van der Waals surface area (Å²) in [5, 5.41) is -0.627. The molecule has 0 radical (unpaired) electrons. The van der Waals surface area contributed by atoms with Crippen LogP contribution < -0.4 is 0 Å². The molecular formula is C19H18N2O7S. The van der Waals surface area contributed by atoms with Crippen molar-refractivity contribution >= 4 is 41.4 Å². The molecule has 2 saturated heterocycles. The van der Waals surface area contributed by atoms with Gasteiger partial charge >= 0.3 is 11.9 Å². The average molecular weight is 418 g/mol. The summed E-state index contributed by atoms with van der Waals surface area (Å²) in [7, 11) is 1.18. The van der Waals surface area contributed by atoms with Crippen molar-refractivity contribution in [2.24, 2.45) is 0 Å². The Morgan fingerprint density at radius 2 is 1.72 bits per heavy atom. The molecule has 0 aromatic heterocycles. The summed E-state index contributed by atoms with van der Waals surface area (Å²) in [5.41, 5.74) is -0.791. The lowest BCUT2D eigenvalue weighted by molar-refractivity contribution is -0.187. The number of hydrogen-bond acceptors (Lipinski definition) is 8. The molecule has 29 heavy (non-hydrogen) atoms. The minimum absolute atomic E-state index is 0.195. The van der Waals surface area contributed by atoms with Crippen molar-refractivity contribution < 1.29 is 33.4 Å². The zero-order valence-electron chi connectivity index (χ0n) is 15.9. The Kier molecular flexibility index (Phi) is 4.41. The van der Waals surface area contributed by atoms with Crippen LogP contribution in [0.4, 0.5) is 0 Å². The number of ether oxygens (including phenoxy) is 2. The maximum absolute atomic E-state index is 13.0. The average Bonchev–Trinajstić information content (AvgIpc) is 2.92. The lowest BCUT2D eigenvalue weighted by Crippen LogP contribution is -2.79. The third kappa shape index (κ3) is 2.65. The van der Waals surface area contributed by atoms with Crippen LogP contribution in [0.1, 0.15) is 34.6 Å². The van der Waals surface area contributed by atoms with E-state index in [2.05, 4.69) is 0 Å². The zero-order chi connectivity index (χ0) is 21.1. The molecule has 1 aromatic rings. The Balaban J connectivity index is 1.66. The molecule has 10 heteroatoms. The van der Waals surface area contributed by atoms with Gasteiger partial charge in [0.05, 0.1) is 18.2 Å². The second kappa shape index (κ2) is 6.58. The predicted molar refractivity (Wildman–Crippen MR) is 99.8 cm³/mol. The van der Waals surface area contributed by atoms with Gasteiger partial charge in [0.15, 0.2) is 6.04 Å². The molecule has 3 aliphatic rings. The van der Waals surface area contributed by atoms with Crippen molar-refractivity contribution in [1.29, 1.82) is 0 Å². The molecule has 4 atom stereocenters. The SMILES string of the molecule is COC(=O)C1N2C(=O)C(N3C(=O)c4ccccc4C3=O)[C@H]2SCC1(C)OC(C)=O. The number of esters is 2. The van der Waals surface area contributed by atoms with Crippen LogP contribution in [0.3, 0.4) is 0 Å². The Morgan fingerprint density at radius 3 is 2.24 bits per heavy atom. The highest BCUT2D eigenvalue weighted by Gasteiger charge is 2.66. The molecular weight excluding hydrogens is 400 g/mol. The van der Waals surface area contributed by atoms with E-state index in [-0.39, 0.29) is 16.9 Å². The molecule has 152 valence electrons. The summed E-state index contributed by atoms with van der Waals surface area (Å²) in [6.07, 6.45) is 0. The van der Waals surface area contributed by atoms with Crippen LogP contribution in [0.15, 0.2) is 24.3 Å². The highest BCUT2D eigenvalue weighted by molar-refractivity contribution is 8.00. The molecule has 3 unspecified atom stereocenters. The van der Waals surface area contributed by atoms with Crippen molar-refractivity contribution in [2.45, 2.75) is 36.9 Å². The number of hydrogen-bond donors (Lipinski definition) is 0. The Morgan fingerprint density at radius 1 is 1.14 bits per heavy atom. The lowest BCUT2D eigenvalue weighted by atomic mass is 9.90. The van der Waals surface area contributed by atoms with E-state index in [0.717, 1.165) is 4.90 Å². The summed E-state index contributed by atoms with van der Waals surface area (Å²) < 4.78 is 10.2. The summed E-state index contributed by atoms with van der Waals surface area (Å²) in [4.78, 5) is 64.8. The van der Waals surface area contributed by atoms with Crippen LogP contribution in [0.2, 0.25) is 0 Å². The number of benzene rings is 1. The third-order valence-electron chi connectivity index (χ3n) is 5.35. The monoisotopic (exact) mass is 418 g/mol. The van der Waals surface area contributed by atoms with Crippen molar-refractivity contribution in [1.82, 2.24) is 9.80 Å². The molecule has 0 aliphatic carbocycles. The number of β-lactam (4-membered cyclic amide) rings is 1. The number of amides is 3. The van der Waals surface area contributed by atoms with Crippen LogP contribution in [0.5, 0.6) is 0 Å². The smallest absolute Gasteiger partial charge is 0.332 e. The Bertz CT molecular complexity index is 929. The van der Waals surface area contributed by atoms with Gasteiger partial charge in [-0.25, -0.2) is 4.79 Å². The van der Waals surface area contributed by atoms with Gasteiger partial charge < -0.3 is 14.4 Å². The van der Waals surface area contributed by atoms with E-state index < -0.39 is 52.7 Å². The first-order chi connectivity index (χ1) is 13.7. The zero-order valence-corrected chi connectivity index (χ0v) is 16.7. The lowest BCUT2D eigenvalue weighted by Gasteiger charge is -2.58. The number of carbonyl (C=O) groups excluding carboxylic acids is 5. The van der Waals surface area contributed by atoms with Crippen molar-refractivity contribution in [3.8, 4) is 0 Å². The fourth-order valence-electron chi connectivity index (χ4n) is 4.13. The van der Waals surface area contributed by atoms with E-state index in [0.29, 0.717) is 0 Å². The van der Waals surface area contributed by atoms with E-state index in [1.165, 1.54) is 30.7 Å². The summed E-state index contributed by atoms with van der Waals surface area (Å²) in [6.45, 7) is 2.78. The molecule has 1 aromatic carbocycles. The van der Waals surface area contributed by atoms with Gasteiger partial charge in [-0.2, -0.15) is 0 Å². The van der Waals surface area contributed by atoms with E-state index >= 15 is 0 Å². The molecule has 3 heterocycles. The fraction of sp³-hybridized carbons (Fsp3) is 0.421. The van der Waals surface area contributed by atoms with E-state index in [1.807, 2.05) is 0 Å². The van der Waals surface area contributed by atoms with Crippen LogP contribution in [0.25, 0.3) is 0 Å². The normalized spacial score (nSPS) is 30.4. The third-order valence-corrected chi connectivity index (χ3v) is 6.92. The molecule has 0 spiro atoms. The molecule has 9 nitrogen and oxygen atoms in total. The van der Waals surface area contributed by atoms with Gasteiger partial charge in [-0.1, -0.05) is 12.1 Å². The molecule has 0 N–H and O–H groups in total. The molecule has 0 bridgehead atoms. The number of thioether (sulfide) groups is 1. The minimum atomic E-state index is -1.29. The highest BCUT2D eigenvalue weighted by atomic mass is 32.2. The standard InChI is InChI=1S/C19H18N2O7S/c1-9(22)28-19(2)8-29-17-12(16(25)21(17)13(19)18(26)27-3)20-14(23)10-6-4-5-7-11(10)15(20)24/h4-7,12-13,17H,8H2,1-3H3/t12?,13?,17-,19?/m1/s1. The Labute approximate surface area is 170 Å². The van der Waals surface area contributed by atoms with E-state index in [9.17, 15) is 24.0 Å². The first-order valence-electron chi connectivity index (χ1n) is 8.89. The van der Waals surface area contributed by atoms with Crippen LogP contribution in [0, 0.1) is 0 Å². The topological polar surface area (TPSA) is 110 Å². The second-order valence-electron chi connectivity index (χ2n) is 7.25. The maximum Gasteiger partial charge on any atom is 0.332 e. The predicted octanol–water partition coefficient (Wildman–Crippen LogP) is 0.430. The van der Waals surface area contributed by atoms with Gasteiger partial charge in [0.25, 0.3) is 17.7 Å². The van der Waals surface area contributed by atoms with Gasteiger partial charge in [-0.05, 0) is 19.1 Å². The van der Waals surface area contributed by atoms with Gasteiger partial charge in [0.2, 0.25) is 0 Å². The molecule has 4 rings (SSSR count). The number of fused-ring (bicyclic) bond motifs is 2. The molecule has 2 fully saturated rings. The van der Waals surface area contributed by atoms with Gasteiger partial charge in [-0.3, -0.25) is 24.1 Å². The van der Waals surface area contributed by atoms with Crippen molar-refractivity contribution in [3.05, 3.63) is 35.4 Å². The van der Waals surface area contributed by atoms with Gasteiger partial charge in [0.1, 0.15) is 17.0 Å². The fourth-order valence-corrected chi connectivity index (χ4v) is 5.65. The number of nitrogens with zero attached hydrogens (tertiary/aromatic N) is 2. The number of imide groups is 1. The van der Waals surface area contributed by atoms with Crippen molar-refractivity contribution in [3.63, 3.8) is 0 Å². The molecule has 3 aliphatic heterocycles. The Hall–Kier alpha value is -2.88. The largest absolute Gasteiger partial charge is 0.467 e.